The molecule has 1 aromatic rings. The summed E-state index contributed by atoms with van der Waals surface area (Å²) >= 11 is 0. The van der Waals surface area contributed by atoms with Gasteiger partial charge >= 0.3 is 0 Å². The zero-order chi connectivity index (χ0) is 11.7. The van der Waals surface area contributed by atoms with Crippen LogP contribution < -0.4 is 10.6 Å². The second-order valence-electron chi connectivity index (χ2n) is 5.51. The van der Waals surface area contributed by atoms with Gasteiger partial charge in [0.25, 0.3) is 0 Å². The Morgan fingerprint density at radius 3 is 2.94 bits per heavy atom. The second-order valence-corrected chi connectivity index (χ2v) is 5.51. The highest BCUT2D eigenvalue weighted by molar-refractivity contribution is 5.55. The summed E-state index contributed by atoms with van der Waals surface area (Å²) in [7, 11) is 0. The van der Waals surface area contributed by atoms with Gasteiger partial charge in [-0.15, -0.1) is 0 Å². The number of para-hydroxylation sites is 1. The summed E-state index contributed by atoms with van der Waals surface area (Å²) in [4.78, 5) is 2.53. The van der Waals surface area contributed by atoms with Gasteiger partial charge in [0.1, 0.15) is 0 Å². The Bertz CT molecular complexity index is 384. The maximum Gasteiger partial charge on any atom is 0.0398 e. The Labute approximate surface area is 104 Å². The predicted molar refractivity (Wildman–Crippen MR) is 72.3 cm³/mol. The maximum absolute atomic E-state index is 6.19. The lowest BCUT2D eigenvalue weighted by atomic mass is 10.0. The van der Waals surface area contributed by atoms with E-state index in [1.807, 2.05) is 0 Å². The molecule has 3 rings (SSSR count). The first kappa shape index (κ1) is 11.1. The monoisotopic (exact) mass is 230 g/mol. The standard InChI is InChI=1S/C15H22N2/c16-14(12-7-8-12)9-11-17-10-3-5-13-4-1-2-6-15(13)17/h1-2,4,6,12,14H,3,5,7-11,16H2. The van der Waals surface area contributed by atoms with E-state index in [0.29, 0.717) is 6.04 Å². The summed E-state index contributed by atoms with van der Waals surface area (Å²) in [5.41, 5.74) is 9.15. The molecule has 0 saturated heterocycles. The van der Waals surface area contributed by atoms with Crippen LogP contribution >= 0.6 is 0 Å². The molecular weight excluding hydrogens is 208 g/mol. The number of hydrogen-bond acceptors (Lipinski definition) is 2. The van der Waals surface area contributed by atoms with Crippen LogP contribution in [0.15, 0.2) is 24.3 Å². The van der Waals surface area contributed by atoms with Gasteiger partial charge in [-0.3, -0.25) is 0 Å². The van der Waals surface area contributed by atoms with Crippen LogP contribution in [0, 0.1) is 5.92 Å². The summed E-state index contributed by atoms with van der Waals surface area (Å²) < 4.78 is 0. The van der Waals surface area contributed by atoms with Gasteiger partial charge in [-0.25, -0.2) is 0 Å². The molecule has 0 amide bonds. The van der Waals surface area contributed by atoms with Crippen LogP contribution in [0.2, 0.25) is 0 Å². The fraction of sp³-hybridized carbons (Fsp3) is 0.600. The average molecular weight is 230 g/mol. The van der Waals surface area contributed by atoms with Crippen LogP contribution in [0.5, 0.6) is 0 Å². The molecule has 0 bridgehead atoms. The number of benzene rings is 1. The van der Waals surface area contributed by atoms with Gasteiger partial charge in [0.05, 0.1) is 0 Å². The van der Waals surface area contributed by atoms with Crippen molar-refractivity contribution in [2.45, 2.75) is 38.1 Å². The minimum atomic E-state index is 0.434. The van der Waals surface area contributed by atoms with Crippen molar-refractivity contribution in [1.82, 2.24) is 0 Å². The van der Waals surface area contributed by atoms with Gasteiger partial charge in [0, 0.05) is 24.8 Å². The molecule has 1 atom stereocenters. The van der Waals surface area contributed by atoms with Crippen molar-refractivity contribution in [2.75, 3.05) is 18.0 Å². The molecular formula is C15H22N2. The van der Waals surface area contributed by atoms with Crippen molar-refractivity contribution in [3.63, 3.8) is 0 Å². The van der Waals surface area contributed by atoms with Crippen LogP contribution in [0.4, 0.5) is 5.69 Å². The predicted octanol–water partition coefficient (Wildman–Crippen LogP) is 2.57. The first-order valence-corrected chi connectivity index (χ1v) is 6.93. The van der Waals surface area contributed by atoms with Crippen molar-refractivity contribution in [1.29, 1.82) is 0 Å². The summed E-state index contributed by atoms with van der Waals surface area (Å²) in [6, 6.07) is 9.26. The minimum absolute atomic E-state index is 0.434. The Balaban J connectivity index is 1.63. The van der Waals surface area contributed by atoms with E-state index >= 15 is 0 Å². The molecule has 2 N–H and O–H groups in total. The average Bonchev–Trinajstić information content (AvgIpc) is 3.20. The molecule has 1 aliphatic heterocycles. The van der Waals surface area contributed by atoms with Gasteiger partial charge < -0.3 is 10.6 Å². The van der Waals surface area contributed by atoms with E-state index in [4.69, 9.17) is 5.73 Å². The molecule has 2 heteroatoms. The van der Waals surface area contributed by atoms with E-state index in [-0.39, 0.29) is 0 Å². The SMILES string of the molecule is NC(CCN1CCCc2ccccc21)C1CC1. The number of anilines is 1. The zero-order valence-corrected chi connectivity index (χ0v) is 10.4. The summed E-state index contributed by atoms with van der Waals surface area (Å²) in [6.07, 6.45) is 6.39. The van der Waals surface area contributed by atoms with Crippen molar-refractivity contribution in [3.8, 4) is 0 Å². The molecule has 2 nitrogen and oxygen atoms in total. The van der Waals surface area contributed by atoms with Crippen molar-refractivity contribution in [2.24, 2.45) is 11.7 Å². The number of nitrogens with two attached hydrogens (primary N) is 1. The molecule has 0 spiro atoms. The summed E-state index contributed by atoms with van der Waals surface area (Å²) in [5.74, 6) is 0.829. The third-order valence-electron chi connectivity index (χ3n) is 4.17. The highest BCUT2D eigenvalue weighted by Gasteiger charge is 2.28. The molecule has 92 valence electrons. The van der Waals surface area contributed by atoms with Crippen molar-refractivity contribution >= 4 is 5.69 Å². The second kappa shape index (κ2) is 4.69. The van der Waals surface area contributed by atoms with Crippen LogP contribution in [0.1, 0.15) is 31.2 Å². The van der Waals surface area contributed by atoms with E-state index in [1.165, 1.54) is 43.5 Å². The summed E-state index contributed by atoms with van der Waals surface area (Å²) in [5, 5.41) is 0. The smallest absolute Gasteiger partial charge is 0.0398 e. The molecule has 17 heavy (non-hydrogen) atoms. The van der Waals surface area contributed by atoms with E-state index < -0.39 is 0 Å². The van der Waals surface area contributed by atoms with E-state index in [9.17, 15) is 0 Å². The summed E-state index contributed by atoms with van der Waals surface area (Å²) in [6.45, 7) is 2.34. The Kier molecular flexibility index (Phi) is 3.06. The Hall–Kier alpha value is -1.02. The molecule has 1 aliphatic carbocycles. The van der Waals surface area contributed by atoms with E-state index in [0.717, 1.165) is 18.9 Å². The molecule has 0 radical (unpaired) electrons. The number of hydrogen-bond donors (Lipinski definition) is 1. The van der Waals surface area contributed by atoms with Crippen LogP contribution in [-0.2, 0) is 6.42 Å². The zero-order valence-electron chi connectivity index (χ0n) is 10.4. The normalized spacial score (nSPS) is 21.1. The van der Waals surface area contributed by atoms with Gasteiger partial charge in [0.15, 0.2) is 0 Å². The van der Waals surface area contributed by atoms with Gasteiger partial charge in [-0.05, 0) is 49.7 Å². The lowest BCUT2D eigenvalue weighted by molar-refractivity contribution is 0.535. The topological polar surface area (TPSA) is 29.3 Å². The number of fused-ring (bicyclic) bond motifs is 1. The lowest BCUT2D eigenvalue weighted by Crippen LogP contribution is -2.34. The van der Waals surface area contributed by atoms with Crippen LogP contribution in [0.3, 0.4) is 0 Å². The van der Waals surface area contributed by atoms with Gasteiger partial charge in [0.2, 0.25) is 0 Å². The molecule has 1 heterocycles. The van der Waals surface area contributed by atoms with Gasteiger partial charge in [-0.1, -0.05) is 18.2 Å². The first-order chi connectivity index (χ1) is 8.34. The fourth-order valence-corrected chi connectivity index (χ4v) is 2.91. The highest BCUT2D eigenvalue weighted by Crippen LogP contribution is 2.33. The maximum atomic E-state index is 6.19. The lowest BCUT2D eigenvalue weighted by Gasteiger charge is -2.32. The number of aryl methyl sites for hydroxylation is 1. The van der Waals surface area contributed by atoms with E-state index in [1.54, 1.807) is 0 Å². The first-order valence-electron chi connectivity index (χ1n) is 6.93. The molecule has 1 fully saturated rings. The molecule has 0 aromatic heterocycles. The molecule has 1 aromatic carbocycles. The van der Waals surface area contributed by atoms with E-state index in [2.05, 4.69) is 29.2 Å². The number of rotatable bonds is 4. The third kappa shape index (κ3) is 2.47. The quantitative estimate of drug-likeness (QED) is 0.861. The highest BCUT2D eigenvalue weighted by atomic mass is 15.1. The van der Waals surface area contributed by atoms with Crippen LogP contribution in [-0.4, -0.2) is 19.1 Å². The Morgan fingerprint density at radius 2 is 2.12 bits per heavy atom. The largest absolute Gasteiger partial charge is 0.371 e. The van der Waals surface area contributed by atoms with Crippen molar-refractivity contribution in [3.05, 3.63) is 29.8 Å². The van der Waals surface area contributed by atoms with Crippen LogP contribution in [0.25, 0.3) is 0 Å². The fourth-order valence-electron chi connectivity index (χ4n) is 2.91. The molecule has 1 unspecified atom stereocenters. The van der Waals surface area contributed by atoms with Gasteiger partial charge in [-0.2, -0.15) is 0 Å². The van der Waals surface area contributed by atoms with Crippen molar-refractivity contribution < 1.29 is 0 Å². The molecule has 2 aliphatic rings. The number of nitrogens with zero attached hydrogens (tertiary/aromatic N) is 1. The Morgan fingerprint density at radius 1 is 1.29 bits per heavy atom. The minimum Gasteiger partial charge on any atom is -0.371 e. The third-order valence-corrected chi connectivity index (χ3v) is 4.17. The molecule has 1 saturated carbocycles.